The van der Waals surface area contributed by atoms with E-state index in [1.165, 1.54) is 5.56 Å². The first-order chi connectivity index (χ1) is 11.7. The van der Waals surface area contributed by atoms with Crippen LogP contribution in [-0.4, -0.2) is 30.4 Å². The van der Waals surface area contributed by atoms with Gasteiger partial charge in [-0.25, -0.2) is 0 Å². The van der Waals surface area contributed by atoms with Gasteiger partial charge in [0.05, 0.1) is 6.04 Å². The summed E-state index contributed by atoms with van der Waals surface area (Å²) in [7, 11) is 1.88. The average Bonchev–Trinajstić information content (AvgIpc) is 3.04. The standard InChI is InChI=1S/C20H22N2O2/c1-21-18-10-9-17(24-14-15-6-3-2-4-7-15)12-16(18)13-22-11-5-8-19(22)20(21)23/h2-4,6-7,9-10,12,19H,5,8,11,13-14H2,1H3. The van der Waals surface area contributed by atoms with E-state index >= 15 is 0 Å². The van der Waals surface area contributed by atoms with Crippen molar-refractivity contribution >= 4 is 11.6 Å². The largest absolute Gasteiger partial charge is 0.489 e. The van der Waals surface area contributed by atoms with Gasteiger partial charge in [0.15, 0.2) is 0 Å². The molecule has 0 aliphatic carbocycles. The molecular formula is C20H22N2O2. The molecule has 2 heterocycles. The van der Waals surface area contributed by atoms with Crippen LogP contribution in [0.2, 0.25) is 0 Å². The van der Waals surface area contributed by atoms with Crippen molar-refractivity contribution in [1.82, 2.24) is 4.90 Å². The number of hydrogen-bond donors (Lipinski definition) is 0. The Morgan fingerprint density at radius 1 is 1.17 bits per heavy atom. The average molecular weight is 322 g/mol. The summed E-state index contributed by atoms with van der Waals surface area (Å²) in [5.41, 5.74) is 3.32. The van der Waals surface area contributed by atoms with Crippen LogP contribution in [0.25, 0.3) is 0 Å². The number of nitrogens with zero attached hydrogens (tertiary/aromatic N) is 2. The Balaban J connectivity index is 1.57. The maximum atomic E-state index is 12.6. The van der Waals surface area contributed by atoms with Gasteiger partial charge in [-0.2, -0.15) is 0 Å². The fraction of sp³-hybridized carbons (Fsp3) is 0.350. The number of rotatable bonds is 3. The molecule has 1 fully saturated rings. The van der Waals surface area contributed by atoms with Crippen LogP contribution in [0.15, 0.2) is 48.5 Å². The normalized spacial score (nSPS) is 20.5. The molecule has 0 N–H and O–H groups in total. The van der Waals surface area contributed by atoms with Crippen LogP contribution in [0.3, 0.4) is 0 Å². The summed E-state index contributed by atoms with van der Waals surface area (Å²) in [5.74, 6) is 1.07. The highest BCUT2D eigenvalue weighted by atomic mass is 16.5. The number of benzene rings is 2. The lowest BCUT2D eigenvalue weighted by Crippen LogP contribution is -2.41. The maximum Gasteiger partial charge on any atom is 0.244 e. The molecule has 124 valence electrons. The lowest BCUT2D eigenvalue weighted by molar-refractivity contribution is -0.122. The van der Waals surface area contributed by atoms with Crippen molar-refractivity contribution in [2.24, 2.45) is 0 Å². The molecule has 1 saturated heterocycles. The van der Waals surface area contributed by atoms with E-state index < -0.39 is 0 Å². The Hall–Kier alpha value is -2.33. The van der Waals surface area contributed by atoms with Crippen LogP contribution in [0.1, 0.15) is 24.0 Å². The SMILES string of the molecule is CN1C(=O)C2CCCN2Cc2cc(OCc3ccccc3)ccc21. The van der Waals surface area contributed by atoms with Gasteiger partial charge in [0, 0.05) is 19.3 Å². The Morgan fingerprint density at radius 3 is 2.83 bits per heavy atom. The fourth-order valence-electron chi connectivity index (χ4n) is 3.70. The molecule has 24 heavy (non-hydrogen) atoms. The van der Waals surface area contributed by atoms with Crippen molar-refractivity contribution in [3.63, 3.8) is 0 Å². The third kappa shape index (κ3) is 2.78. The minimum absolute atomic E-state index is 0.0380. The van der Waals surface area contributed by atoms with Crippen LogP contribution in [0.4, 0.5) is 5.69 Å². The second-order valence-corrected chi connectivity index (χ2v) is 6.59. The Kier molecular flexibility index (Phi) is 3.98. The van der Waals surface area contributed by atoms with Crippen LogP contribution < -0.4 is 9.64 Å². The molecule has 0 radical (unpaired) electrons. The van der Waals surface area contributed by atoms with E-state index in [9.17, 15) is 4.79 Å². The van der Waals surface area contributed by atoms with Crippen LogP contribution in [0.5, 0.6) is 5.75 Å². The highest BCUT2D eigenvalue weighted by Crippen LogP contribution is 2.33. The number of hydrogen-bond acceptors (Lipinski definition) is 3. The lowest BCUT2D eigenvalue weighted by Gasteiger charge is -2.22. The third-order valence-electron chi connectivity index (χ3n) is 5.01. The van der Waals surface area contributed by atoms with Gasteiger partial charge in [-0.15, -0.1) is 0 Å². The topological polar surface area (TPSA) is 32.8 Å². The van der Waals surface area contributed by atoms with E-state index in [1.54, 1.807) is 0 Å². The monoisotopic (exact) mass is 322 g/mol. The van der Waals surface area contributed by atoms with Crippen molar-refractivity contribution in [2.45, 2.75) is 32.0 Å². The highest BCUT2D eigenvalue weighted by Gasteiger charge is 2.36. The minimum atomic E-state index is 0.0380. The number of carbonyl (C=O) groups excluding carboxylic acids is 1. The first-order valence-corrected chi connectivity index (χ1v) is 8.53. The van der Waals surface area contributed by atoms with Crippen molar-refractivity contribution < 1.29 is 9.53 Å². The van der Waals surface area contributed by atoms with Gasteiger partial charge in [-0.05, 0) is 48.7 Å². The fourth-order valence-corrected chi connectivity index (χ4v) is 3.70. The number of fused-ring (bicyclic) bond motifs is 2. The number of likely N-dealkylation sites (N-methyl/N-ethyl adjacent to an activating group) is 1. The van der Waals surface area contributed by atoms with Crippen molar-refractivity contribution in [3.8, 4) is 5.75 Å². The zero-order chi connectivity index (χ0) is 16.5. The molecular weight excluding hydrogens is 300 g/mol. The molecule has 4 nitrogen and oxygen atoms in total. The van der Waals surface area contributed by atoms with Gasteiger partial charge in [0.2, 0.25) is 5.91 Å². The number of ether oxygens (including phenoxy) is 1. The molecule has 1 amide bonds. The smallest absolute Gasteiger partial charge is 0.244 e. The van der Waals surface area contributed by atoms with Crippen LogP contribution in [-0.2, 0) is 17.9 Å². The molecule has 0 saturated carbocycles. The molecule has 4 heteroatoms. The molecule has 0 spiro atoms. The summed E-state index contributed by atoms with van der Waals surface area (Å²) in [6.45, 7) is 2.37. The Bertz CT molecular complexity index is 745. The Labute approximate surface area is 142 Å². The zero-order valence-electron chi connectivity index (χ0n) is 13.9. The maximum absolute atomic E-state index is 12.6. The number of amides is 1. The molecule has 1 unspecified atom stereocenters. The minimum Gasteiger partial charge on any atom is -0.489 e. The van der Waals surface area contributed by atoms with Gasteiger partial charge < -0.3 is 9.64 Å². The first-order valence-electron chi connectivity index (χ1n) is 8.53. The summed E-state index contributed by atoms with van der Waals surface area (Å²) >= 11 is 0. The van der Waals surface area contributed by atoms with Gasteiger partial charge in [0.25, 0.3) is 0 Å². The van der Waals surface area contributed by atoms with Crippen molar-refractivity contribution in [1.29, 1.82) is 0 Å². The summed E-state index contributed by atoms with van der Waals surface area (Å²) in [5, 5.41) is 0. The predicted molar refractivity (Wildman–Crippen MR) is 94.1 cm³/mol. The summed E-state index contributed by atoms with van der Waals surface area (Å²) in [6, 6.07) is 16.3. The van der Waals surface area contributed by atoms with E-state index in [0.29, 0.717) is 6.61 Å². The molecule has 1 atom stereocenters. The van der Waals surface area contributed by atoms with E-state index in [2.05, 4.69) is 23.1 Å². The molecule has 2 aliphatic heterocycles. The molecule has 4 rings (SSSR count). The zero-order valence-corrected chi connectivity index (χ0v) is 13.9. The van der Waals surface area contributed by atoms with Crippen molar-refractivity contribution in [2.75, 3.05) is 18.5 Å². The van der Waals surface area contributed by atoms with Gasteiger partial charge >= 0.3 is 0 Å². The summed E-state index contributed by atoms with van der Waals surface area (Å²) in [6.07, 6.45) is 2.07. The van der Waals surface area contributed by atoms with Crippen LogP contribution in [0, 0.1) is 0 Å². The first kappa shape index (κ1) is 15.2. The third-order valence-corrected chi connectivity index (χ3v) is 5.01. The second-order valence-electron chi connectivity index (χ2n) is 6.59. The van der Waals surface area contributed by atoms with E-state index in [4.69, 9.17) is 4.74 Å². The van der Waals surface area contributed by atoms with Crippen molar-refractivity contribution in [3.05, 3.63) is 59.7 Å². The lowest BCUT2D eigenvalue weighted by atomic mass is 10.1. The molecule has 0 aromatic heterocycles. The van der Waals surface area contributed by atoms with E-state index in [0.717, 1.165) is 42.9 Å². The molecule has 2 aromatic rings. The number of carbonyl (C=O) groups is 1. The van der Waals surface area contributed by atoms with Gasteiger partial charge in [0.1, 0.15) is 12.4 Å². The highest BCUT2D eigenvalue weighted by molar-refractivity contribution is 5.98. The Morgan fingerprint density at radius 2 is 2.00 bits per heavy atom. The quantitative estimate of drug-likeness (QED) is 0.870. The van der Waals surface area contributed by atoms with E-state index in [-0.39, 0.29) is 11.9 Å². The summed E-state index contributed by atoms with van der Waals surface area (Å²) in [4.78, 5) is 16.7. The predicted octanol–water partition coefficient (Wildman–Crippen LogP) is 3.21. The summed E-state index contributed by atoms with van der Waals surface area (Å²) < 4.78 is 5.95. The van der Waals surface area contributed by atoms with Crippen LogP contribution >= 0.6 is 0 Å². The molecule has 0 bridgehead atoms. The molecule has 2 aromatic carbocycles. The van der Waals surface area contributed by atoms with Gasteiger partial charge in [-0.1, -0.05) is 30.3 Å². The van der Waals surface area contributed by atoms with Gasteiger partial charge in [-0.3, -0.25) is 9.69 Å². The second kappa shape index (κ2) is 6.29. The molecule has 2 aliphatic rings. The number of anilines is 1. The van der Waals surface area contributed by atoms with E-state index in [1.807, 2.05) is 42.3 Å².